The molecule has 0 spiro atoms. The molecule has 1 saturated heterocycles. The first-order chi connectivity index (χ1) is 8.89. The maximum atomic E-state index is 10.9. The lowest BCUT2D eigenvalue weighted by Gasteiger charge is -2.39. The maximum Gasteiger partial charge on any atom is 0.303 e. The number of aryl methyl sites for hydroxylation is 1. The molecule has 104 valence electrons. The normalized spacial score (nSPS) is 18.4. The van der Waals surface area contributed by atoms with Crippen LogP contribution in [-0.2, 0) is 4.79 Å². The number of hydrogen-bond donors (Lipinski definition) is 1. The first-order valence-corrected chi connectivity index (χ1v) is 7.42. The second-order valence-electron chi connectivity index (χ2n) is 5.80. The highest BCUT2D eigenvalue weighted by Crippen LogP contribution is 2.36. The summed E-state index contributed by atoms with van der Waals surface area (Å²) in [6.07, 6.45) is 2.16. The number of benzene rings is 1. The molecule has 0 amide bonds. The minimum atomic E-state index is -0.685. The van der Waals surface area contributed by atoms with E-state index in [0.717, 1.165) is 30.4 Å². The van der Waals surface area contributed by atoms with E-state index in [9.17, 15) is 4.79 Å². The fourth-order valence-electron chi connectivity index (χ4n) is 2.67. The number of nitrogens with zero attached hydrogens (tertiary/aromatic N) is 1. The summed E-state index contributed by atoms with van der Waals surface area (Å²) in [6.45, 7) is 6.05. The number of carboxylic acid groups (broad SMARTS) is 1. The van der Waals surface area contributed by atoms with E-state index in [1.54, 1.807) is 0 Å². The summed E-state index contributed by atoms with van der Waals surface area (Å²) in [4.78, 5) is 13.2. The summed E-state index contributed by atoms with van der Waals surface area (Å²) in [5.41, 5.74) is 2.42. The second-order valence-corrected chi connectivity index (χ2v) is 6.66. The smallest absolute Gasteiger partial charge is 0.303 e. The lowest BCUT2D eigenvalue weighted by Crippen LogP contribution is -2.39. The molecule has 1 fully saturated rings. The number of rotatable bonds is 3. The topological polar surface area (TPSA) is 40.5 Å². The van der Waals surface area contributed by atoms with Crippen LogP contribution in [-0.4, -0.2) is 24.2 Å². The number of halogens is 1. The summed E-state index contributed by atoms with van der Waals surface area (Å²) < 4.78 is 1.13. The van der Waals surface area contributed by atoms with Crippen molar-refractivity contribution in [2.24, 2.45) is 5.41 Å². The average molecular weight is 326 g/mol. The third-order valence-electron chi connectivity index (χ3n) is 4.06. The van der Waals surface area contributed by atoms with Crippen molar-refractivity contribution in [1.29, 1.82) is 0 Å². The summed E-state index contributed by atoms with van der Waals surface area (Å²) in [5, 5.41) is 8.96. The Morgan fingerprint density at radius 3 is 2.58 bits per heavy atom. The molecule has 1 heterocycles. The van der Waals surface area contributed by atoms with Crippen LogP contribution in [0.5, 0.6) is 0 Å². The van der Waals surface area contributed by atoms with E-state index in [0.29, 0.717) is 0 Å². The standard InChI is InChI=1S/C15H20BrNO2/c1-11-9-12(3-4-13(11)16)17-7-5-15(2,6-8-17)10-14(18)19/h3-4,9H,5-8,10H2,1-2H3,(H,18,19). The lowest BCUT2D eigenvalue weighted by atomic mass is 9.77. The van der Waals surface area contributed by atoms with Gasteiger partial charge in [0.15, 0.2) is 0 Å². The van der Waals surface area contributed by atoms with Crippen molar-refractivity contribution in [3.63, 3.8) is 0 Å². The third-order valence-corrected chi connectivity index (χ3v) is 4.94. The number of piperidine rings is 1. The molecule has 0 aliphatic carbocycles. The summed E-state index contributed by atoms with van der Waals surface area (Å²) >= 11 is 3.51. The van der Waals surface area contributed by atoms with Crippen LogP contribution in [0.2, 0.25) is 0 Å². The third kappa shape index (κ3) is 3.50. The molecular formula is C15H20BrNO2. The van der Waals surface area contributed by atoms with Crippen molar-refractivity contribution in [3.05, 3.63) is 28.2 Å². The lowest BCUT2D eigenvalue weighted by molar-refractivity contribution is -0.139. The van der Waals surface area contributed by atoms with E-state index in [-0.39, 0.29) is 11.8 Å². The Balaban J connectivity index is 2.03. The molecule has 0 aromatic heterocycles. The van der Waals surface area contributed by atoms with Crippen LogP contribution in [0.3, 0.4) is 0 Å². The van der Waals surface area contributed by atoms with E-state index in [4.69, 9.17) is 5.11 Å². The van der Waals surface area contributed by atoms with Crippen LogP contribution in [0.4, 0.5) is 5.69 Å². The molecule has 0 bridgehead atoms. The zero-order valence-corrected chi connectivity index (χ0v) is 13.0. The van der Waals surface area contributed by atoms with Gasteiger partial charge in [0.2, 0.25) is 0 Å². The van der Waals surface area contributed by atoms with E-state index >= 15 is 0 Å². The molecule has 1 aliphatic rings. The zero-order valence-electron chi connectivity index (χ0n) is 11.4. The highest BCUT2D eigenvalue weighted by atomic mass is 79.9. The van der Waals surface area contributed by atoms with Crippen LogP contribution >= 0.6 is 15.9 Å². The van der Waals surface area contributed by atoms with E-state index in [2.05, 4.69) is 52.9 Å². The predicted molar refractivity (Wildman–Crippen MR) is 80.7 cm³/mol. The molecule has 0 saturated carbocycles. The molecule has 0 atom stereocenters. The summed E-state index contributed by atoms with van der Waals surface area (Å²) in [5.74, 6) is -0.685. The highest BCUT2D eigenvalue weighted by Gasteiger charge is 2.32. The summed E-state index contributed by atoms with van der Waals surface area (Å²) in [7, 11) is 0. The minimum Gasteiger partial charge on any atom is -0.481 e. The minimum absolute atomic E-state index is 0.0489. The van der Waals surface area contributed by atoms with Crippen LogP contribution in [0.15, 0.2) is 22.7 Å². The predicted octanol–water partition coefficient (Wildman–Crippen LogP) is 3.84. The van der Waals surface area contributed by atoms with Gasteiger partial charge in [-0.15, -0.1) is 0 Å². The van der Waals surface area contributed by atoms with Crippen molar-refractivity contribution in [2.45, 2.75) is 33.1 Å². The van der Waals surface area contributed by atoms with Crippen molar-refractivity contribution < 1.29 is 9.90 Å². The number of anilines is 1. The molecule has 1 aromatic carbocycles. The van der Waals surface area contributed by atoms with Crippen molar-refractivity contribution in [2.75, 3.05) is 18.0 Å². The van der Waals surface area contributed by atoms with E-state index in [1.165, 1.54) is 11.3 Å². The highest BCUT2D eigenvalue weighted by molar-refractivity contribution is 9.10. The molecular weight excluding hydrogens is 306 g/mol. The Labute approximate surface area is 122 Å². The van der Waals surface area contributed by atoms with Gasteiger partial charge in [-0.25, -0.2) is 0 Å². The first-order valence-electron chi connectivity index (χ1n) is 6.63. The van der Waals surface area contributed by atoms with Gasteiger partial charge in [0.1, 0.15) is 0 Å². The number of carboxylic acids is 1. The fourth-order valence-corrected chi connectivity index (χ4v) is 2.92. The van der Waals surface area contributed by atoms with Gasteiger partial charge in [0.25, 0.3) is 0 Å². The molecule has 1 aliphatic heterocycles. The summed E-state index contributed by atoms with van der Waals surface area (Å²) in [6, 6.07) is 6.39. The molecule has 1 aromatic rings. The first kappa shape index (κ1) is 14.4. The van der Waals surface area contributed by atoms with Crippen molar-refractivity contribution in [1.82, 2.24) is 0 Å². The molecule has 3 nitrogen and oxygen atoms in total. The Bertz CT molecular complexity index is 479. The van der Waals surface area contributed by atoms with Gasteiger partial charge in [-0.05, 0) is 48.9 Å². The maximum absolute atomic E-state index is 10.9. The van der Waals surface area contributed by atoms with E-state index in [1.807, 2.05) is 0 Å². The Hall–Kier alpha value is -1.03. The zero-order chi connectivity index (χ0) is 14.0. The largest absolute Gasteiger partial charge is 0.481 e. The van der Waals surface area contributed by atoms with Crippen LogP contribution in [0.25, 0.3) is 0 Å². The van der Waals surface area contributed by atoms with Crippen molar-refractivity contribution >= 4 is 27.6 Å². The molecule has 2 rings (SSSR count). The average Bonchev–Trinajstić information content (AvgIpc) is 2.32. The fraction of sp³-hybridized carbons (Fsp3) is 0.533. The van der Waals surface area contributed by atoms with Crippen LogP contribution in [0.1, 0.15) is 31.7 Å². The van der Waals surface area contributed by atoms with E-state index < -0.39 is 5.97 Å². The van der Waals surface area contributed by atoms with Crippen LogP contribution in [0, 0.1) is 12.3 Å². The molecule has 19 heavy (non-hydrogen) atoms. The van der Waals surface area contributed by atoms with Gasteiger partial charge in [0.05, 0.1) is 6.42 Å². The molecule has 0 radical (unpaired) electrons. The Morgan fingerprint density at radius 1 is 1.42 bits per heavy atom. The SMILES string of the molecule is Cc1cc(N2CCC(C)(CC(=O)O)CC2)ccc1Br. The van der Waals surface area contributed by atoms with Gasteiger partial charge >= 0.3 is 5.97 Å². The van der Waals surface area contributed by atoms with Gasteiger partial charge in [-0.1, -0.05) is 22.9 Å². The molecule has 0 unspecified atom stereocenters. The number of hydrogen-bond acceptors (Lipinski definition) is 2. The second kappa shape index (κ2) is 5.53. The molecule has 4 heteroatoms. The quantitative estimate of drug-likeness (QED) is 0.917. The Kier molecular flexibility index (Phi) is 4.19. The monoisotopic (exact) mass is 325 g/mol. The van der Waals surface area contributed by atoms with Gasteiger partial charge < -0.3 is 10.0 Å². The van der Waals surface area contributed by atoms with Crippen LogP contribution < -0.4 is 4.90 Å². The Morgan fingerprint density at radius 2 is 2.05 bits per heavy atom. The van der Waals surface area contributed by atoms with Gasteiger partial charge in [-0.2, -0.15) is 0 Å². The molecule has 1 N–H and O–H groups in total. The van der Waals surface area contributed by atoms with Gasteiger partial charge in [0, 0.05) is 23.2 Å². The van der Waals surface area contributed by atoms with Crippen molar-refractivity contribution in [3.8, 4) is 0 Å². The number of carbonyl (C=O) groups is 1. The van der Waals surface area contributed by atoms with Gasteiger partial charge in [-0.3, -0.25) is 4.79 Å². The number of aliphatic carboxylic acids is 1.